The highest BCUT2D eigenvalue weighted by Gasteiger charge is 2.46. The van der Waals surface area contributed by atoms with Gasteiger partial charge in [-0.15, -0.1) is 0 Å². The molecule has 11 heteroatoms. The summed E-state index contributed by atoms with van der Waals surface area (Å²) in [5.74, 6) is -2.31. The van der Waals surface area contributed by atoms with Crippen molar-refractivity contribution in [3.05, 3.63) is 12.4 Å². The van der Waals surface area contributed by atoms with Crippen molar-refractivity contribution in [2.24, 2.45) is 0 Å². The molecule has 0 fully saturated rings. The molecule has 0 saturated carbocycles. The Labute approximate surface area is 120 Å². The van der Waals surface area contributed by atoms with Gasteiger partial charge in [0.1, 0.15) is 0 Å². The minimum absolute atomic E-state index is 0.398. The summed E-state index contributed by atoms with van der Waals surface area (Å²) in [7, 11) is 0. The lowest BCUT2D eigenvalue weighted by molar-refractivity contribution is -0.311. The van der Waals surface area contributed by atoms with Gasteiger partial charge >= 0.3 is 18.3 Å². The minimum atomic E-state index is -4.68. The lowest BCUT2D eigenvalue weighted by atomic mass is 10.3. The Morgan fingerprint density at radius 1 is 1.05 bits per heavy atom. The number of rotatable bonds is 11. The highest BCUT2D eigenvalue weighted by atomic mass is 19.3. The molecule has 0 aliphatic rings. The summed E-state index contributed by atoms with van der Waals surface area (Å²) in [4.78, 5) is 0. The summed E-state index contributed by atoms with van der Waals surface area (Å²) < 4.78 is 113. The van der Waals surface area contributed by atoms with E-state index in [9.17, 15) is 35.1 Å². The van der Waals surface area contributed by atoms with Gasteiger partial charge in [-0.05, 0) is 6.92 Å². The molecule has 0 N–H and O–H groups in total. The van der Waals surface area contributed by atoms with Gasteiger partial charge in [0.15, 0.2) is 5.83 Å². The SMILES string of the molecule is C=C(F)C(F)(F)OCC(F)C(F)(F)OCCC(F)(F)OCC. The van der Waals surface area contributed by atoms with Crippen LogP contribution in [0.2, 0.25) is 0 Å². The summed E-state index contributed by atoms with van der Waals surface area (Å²) in [6, 6.07) is 0. The monoisotopic (exact) mass is 346 g/mol. The molecule has 0 heterocycles. The minimum Gasteiger partial charge on any atom is -0.321 e. The van der Waals surface area contributed by atoms with Crippen LogP contribution >= 0.6 is 0 Å². The summed E-state index contributed by atoms with van der Waals surface area (Å²) in [5.41, 5.74) is 0. The fourth-order valence-corrected chi connectivity index (χ4v) is 1.03. The number of ether oxygens (including phenoxy) is 3. The Bertz CT molecular complexity index is 361. The summed E-state index contributed by atoms with van der Waals surface area (Å²) in [6.45, 7) is -0.236. The van der Waals surface area contributed by atoms with Crippen LogP contribution in [0, 0.1) is 0 Å². The van der Waals surface area contributed by atoms with Crippen LogP contribution in [-0.2, 0) is 14.2 Å². The molecule has 0 aliphatic heterocycles. The van der Waals surface area contributed by atoms with Crippen LogP contribution in [0.15, 0.2) is 12.4 Å². The average Bonchev–Trinajstić information content (AvgIpc) is 2.34. The van der Waals surface area contributed by atoms with Gasteiger partial charge in [-0.2, -0.15) is 26.3 Å². The molecule has 0 radical (unpaired) electrons. The lowest BCUT2D eigenvalue weighted by Gasteiger charge is -2.23. The maximum atomic E-state index is 13.0. The maximum absolute atomic E-state index is 13.0. The first-order chi connectivity index (χ1) is 9.84. The van der Waals surface area contributed by atoms with E-state index in [0.29, 0.717) is 0 Å². The third-order valence-electron chi connectivity index (χ3n) is 2.13. The molecule has 22 heavy (non-hydrogen) atoms. The van der Waals surface area contributed by atoms with Crippen LogP contribution < -0.4 is 0 Å². The third kappa shape index (κ3) is 7.36. The molecule has 132 valence electrons. The van der Waals surface area contributed by atoms with E-state index in [1.807, 2.05) is 0 Å². The summed E-state index contributed by atoms with van der Waals surface area (Å²) in [6.07, 6.45) is -17.8. The van der Waals surface area contributed by atoms with Gasteiger partial charge in [-0.1, -0.05) is 6.58 Å². The quantitative estimate of drug-likeness (QED) is 0.529. The van der Waals surface area contributed by atoms with Gasteiger partial charge in [0, 0.05) is 0 Å². The number of halogens is 8. The van der Waals surface area contributed by atoms with Crippen molar-refractivity contribution in [2.45, 2.75) is 37.8 Å². The Balaban J connectivity index is 4.34. The Morgan fingerprint density at radius 3 is 2.05 bits per heavy atom. The fraction of sp³-hybridized carbons (Fsp3) is 0.818. The number of hydrogen-bond donors (Lipinski definition) is 0. The standard InChI is InChI=1S/C11H14F8O3/c1-3-20-9(14,15)4-5-21-11(18,19)8(13)6-22-10(16,17)7(2)12/h8H,2-6H2,1H3. The van der Waals surface area contributed by atoms with E-state index >= 15 is 0 Å². The van der Waals surface area contributed by atoms with E-state index in [1.165, 1.54) is 6.92 Å². The van der Waals surface area contributed by atoms with Crippen LogP contribution in [0.5, 0.6) is 0 Å². The van der Waals surface area contributed by atoms with Crippen LogP contribution in [0.4, 0.5) is 35.1 Å². The second-order valence-corrected chi connectivity index (χ2v) is 3.93. The predicted octanol–water partition coefficient (Wildman–Crippen LogP) is 4.05. The van der Waals surface area contributed by atoms with Crippen molar-refractivity contribution in [2.75, 3.05) is 19.8 Å². The Hall–Kier alpha value is -0.940. The van der Waals surface area contributed by atoms with E-state index < -0.39 is 56.6 Å². The molecular formula is C11H14F8O3. The van der Waals surface area contributed by atoms with Gasteiger partial charge in [0.05, 0.1) is 26.2 Å². The second-order valence-electron chi connectivity index (χ2n) is 3.93. The van der Waals surface area contributed by atoms with Gasteiger partial charge in [0.2, 0.25) is 6.17 Å². The molecule has 0 bridgehead atoms. The average molecular weight is 346 g/mol. The topological polar surface area (TPSA) is 27.7 Å². The van der Waals surface area contributed by atoms with Crippen LogP contribution in [0.3, 0.4) is 0 Å². The van der Waals surface area contributed by atoms with E-state index in [0.717, 1.165) is 0 Å². The molecule has 1 unspecified atom stereocenters. The number of hydrogen-bond acceptors (Lipinski definition) is 3. The highest BCUT2D eigenvalue weighted by molar-refractivity contribution is 4.90. The molecule has 0 saturated heterocycles. The molecule has 0 aromatic heterocycles. The molecule has 1 atom stereocenters. The Kier molecular flexibility index (Phi) is 7.72. The molecule has 0 rings (SSSR count). The smallest absolute Gasteiger partial charge is 0.321 e. The maximum Gasteiger partial charge on any atom is 0.408 e. The zero-order valence-corrected chi connectivity index (χ0v) is 11.4. The van der Waals surface area contributed by atoms with Crippen molar-refractivity contribution in [1.29, 1.82) is 0 Å². The van der Waals surface area contributed by atoms with Crippen LogP contribution in [-0.4, -0.2) is 44.3 Å². The Morgan fingerprint density at radius 2 is 1.59 bits per heavy atom. The molecule has 3 nitrogen and oxygen atoms in total. The normalized spacial score (nSPS) is 15.0. The van der Waals surface area contributed by atoms with Gasteiger partial charge < -0.3 is 14.2 Å². The number of alkyl halides is 7. The van der Waals surface area contributed by atoms with Crippen LogP contribution in [0.1, 0.15) is 13.3 Å². The molecule has 0 aliphatic carbocycles. The van der Waals surface area contributed by atoms with Crippen molar-refractivity contribution >= 4 is 0 Å². The zero-order valence-electron chi connectivity index (χ0n) is 11.4. The summed E-state index contributed by atoms with van der Waals surface area (Å²) >= 11 is 0. The zero-order chi connectivity index (χ0) is 17.6. The third-order valence-corrected chi connectivity index (χ3v) is 2.13. The largest absolute Gasteiger partial charge is 0.408 e. The second kappa shape index (κ2) is 8.06. The molecule has 0 aromatic rings. The highest BCUT2D eigenvalue weighted by Crippen LogP contribution is 2.30. The van der Waals surface area contributed by atoms with Crippen LogP contribution in [0.25, 0.3) is 0 Å². The van der Waals surface area contributed by atoms with E-state index in [1.54, 1.807) is 0 Å². The van der Waals surface area contributed by atoms with Gasteiger partial charge in [0.25, 0.3) is 0 Å². The predicted molar refractivity (Wildman–Crippen MR) is 58.1 cm³/mol. The van der Waals surface area contributed by atoms with Crippen molar-refractivity contribution in [3.63, 3.8) is 0 Å². The molecular weight excluding hydrogens is 332 g/mol. The van der Waals surface area contributed by atoms with Crippen molar-refractivity contribution < 1.29 is 49.3 Å². The van der Waals surface area contributed by atoms with E-state index in [4.69, 9.17) is 0 Å². The van der Waals surface area contributed by atoms with Gasteiger partial charge in [-0.25, -0.2) is 8.78 Å². The van der Waals surface area contributed by atoms with E-state index in [2.05, 4.69) is 20.8 Å². The first-order valence-corrected chi connectivity index (χ1v) is 5.88. The first kappa shape index (κ1) is 21.1. The van der Waals surface area contributed by atoms with Crippen molar-refractivity contribution in [1.82, 2.24) is 0 Å². The van der Waals surface area contributed by atoms with Gasteiger partial charge in [-0.3, -0.25) is 0 Å². The van der Waals surface area contributed by atoms with E-state index in [-0.39, 0.29) is 0 Å². The lowest BCUT2D eigenvalue weighted by Crippen LogP contribution is -2.40. The molecule has 0 amide bonds. The summed E-state index contributed by atoms with van der Waals surface area (Å²) in [5, 5.41) is 0. The first-order valence-electron chi connectivity index (χ1n) is 5.88. The molecule has 0 spiro atoms. The van der Waals surface area contributed by atoms with Crippen molar-refractivity contribution in [3.8, 4) is 0 Å². The molecule has 0 aromatic carbocycles. The fourth-order valence-electron chi connectivity index (χ4n) is 1.03.